The predicted octanol–water partition coefficient (Wildman–Crippen LogP) is 3.13. The van der Waals surface area contributed by atoms with Gasteiger partial charge in [0.1, 0.15) is 12.6 Å². The first-order valence-electron chi connectivity index (χ1n) is 10.7. The van der Waals surface area contributed by atoms with Crippen molar-refractivity contribution in [2.45, 2.75) is 46.2 Å². The van der Waals surface area contributed by atoms with E-state index in [1.807, 2.05) is 63.2 Å². The number of anilines is 1. The third-order valence-corrected chi connectivity index (χ3v) is 6.35. The van der Waals surface area contributed by atoms with Crippen LogP contribution in [-0.4, -0.2) is 50.5 Å². The Bertz CT molecular complexity index is 1020. The van der Waals surface area contributed by atoms with E-state index in [2.05, 4.69) is 5.32 Å². The summed E-state index contributed by atoms with van der Waals surface area (Å²) in [6.45, 7) is 7.65. The molecule has 0 heterocycles. The molecule has 1 N–H and O–H groups in total. The smallest absolute Gasteiger partial charge is 0.244 e. The van der Waals surface area contributed by atoms with Crippen LogP contribution in [0, 0.1) is 0 Å². The highest BCUT2D eigenvalue weighted by Crippen LogP contribution is 2.29. The average Bonchev–Trinajstić information content (AvgIpc) is 2.75. The second kappa shape index (κ2) is 11.1. The van der Waals surface area contributed by atoms with Gasteiger partial charge in [0.2, 0.25) is 21.8 Å². The summed E-state index contributed by atoms with van der Waals surface area (Å²) in [4.78, 5) is 27.4. The summed E-state index contributed by atoms with van der Waals surface area (Å²) in [7, 11) is -3.75. The van der Waals surface area contributed by atoms with E-state index in [0.717, 1.165) is 21.7 Å². The molecule has 2 rings (SSSR count). The van der Waals surface area contributed by atoms with E-state index in [0.29, 0.717) is 12.2 Å². The molecule has 0 bridgehead atoms. The van der Waals surface area contributed by atoms with Crippen LogP contribution in [0.2, 0.25) is 0 Å². The zero-order valence-corrected chi connectivity index (χ0v) is 20.2. The van der Waals surface area contributed by atoms with Gasteiger partial charge in [-0.2, -0.15) is 0 Å². The van der Waals surface area contributed by atoms with Crippen molar-refractivity contribution in [2.75, 3.05) is 23.7 Å². The zero-order chi connectivity index (χ0) is 23.9. The van der Waals surface area contributed by atoms with Gasteiger partial charge in [-0.05, 0) is 37.0 Å². The Balaban J connectivity index is 2.43. The highest BCUT2D eigenvalue weighted by atomic mass is 32.2. The highest BCUT2D eigenvalue weighted by Gasteiger charge is 2.30. The Labute approximate surface area is 191 Å². The van der Waals surface area contributed by atoms with Gasteiger partial charge in [0.05, 0.1) is 11.9 Å². The van der Waals surface area contributed by atoms with Crippen molar-refractivity contribution in [1.29, 1.82) is 0 Å². The fraction of sp³-hybridized carbons (Fsp3) is 0.417. The summed E-state index contributed by atoms with van der Waals surface area (Å²) in [5.74, 6) is -0.665. The largest absolute Gasteiger partial charge is 0.355 e. The van der Waals surface area contributed by atoms with Crippen LogP contribution in [0.3, 0.4) is 0 Å². The van der Waals surface area contributed by atoms with Crippen molar-refractivity contribution in [1.82, 2.24) is 10.2 Å². The lowest BCUT2D eigenvalue weighted by Crippen LogP contribution is -2.51. The number of benzene rings is 2. The van der Waals surface area contributed by atoms with E-state index >= 15 is 0 Å². The summed E-state index contributed by atoms with van der Waals surface area (Å²) in [6, 6.07) is 15.7. The minimum atomic E-state index is -3.75. The average molecular weight is 460 g/mol. The molecule has 0 fully saturated rings. The molecular weight excluding hydrogens is 426 g/mol. The number of para-hydroxylation sites is 1. The van der Waals surface area contributed by atoms with Crippen LogP contribution >= 0.6 is 0 Å². The standard InChI is InChI=1S/C24H33N3O4S/c1-6-25-24(29)19(4)26(16-20-12-8-7-9-13-20)23(28)17-27(32(5,30)31)22-15-11-10-14-21(22)18(2)3/h7-15,18-19H,6,16-17H2,1-5H3,(H,25,29)/t19-/m1/s1. The molecule has 0 aliphatic carbocycles. The lowest BCUT2D eigenvalue weighted by atomic mass is 10.0. The van der Waals surface area contributed by atoms with E-state index in [1.54, 1.807) is 19.1 Å². The number of likely N-dealkylation sites (N-methyl/N-ethyl adjacent to an activating group) is 1. The Morgan fingerprint density at radius 1 is 0.969 bits per heavy atom. The summed E-state index contributed by atoms with van der Waals surface area (Å²) in [5, 5.41) is 2.74. The molecule has 1 atom stereocenters. The first-order valence-corrected chi connectivity index (χ1v) is 12.6. The van der Waals surface area contributed by atoms with Crippen LogP contribution in [0.5, 0.6) is 0 Å². The first-order chi connectivity index (χ1) is 15.1. The van der Waals surface area contributed by atoms with E-state index < -0.39 is 22.0 Å². The number of carbonyl (C=O) groups is 2. The van der Waals surface area contributed by atoms with Crippen molar-refractivity contribution < 1.29 is 18.0 Å². The number of hydrogen-bond acceptors (Lipinski definition) is 4. The lowest BCUT2D eigenvalue weighted by molar-refractivity contribution is -0.139. The number of carbonyl (C=O) groups excluding carboxylic acids is 2. The monoisotopic (exact) mass is 459 g/mol. The first kappa shape index (κ1) is 25.4. The van der Waals surface area contributed by atoms with Gasteiger partial charge in [-0.3, -0.25) is 13.9 Å². The number of amides is 2. The van der Waals surface area contributed by atoms with Crippen LogP contribution in [0.15, 0.2) is 54.6 Å². The minimum Gasteiger partial charge on any atom is -0.355 e. The lowest BCUT2D eigenvalue weighted by Gasteiger charge is -2.32. The van der Waals surface area contributed by atoms with Crippen LogP contribution in [0.1, 0.15) is 44.7 Å². The van der Waals surface area contributed by atoms with Crippen LogP contribution < -0.4 is 9.62 Å². The molecule has 2 amide bonds. The molecule has 0 unspecified atom stereocenters. The maximum absolute atomic E-state index is 13.4. The minimum absolute atomic E-state index is 0.0697. The Kier molecular flexibility index (Phi) is 8.83. The van der Waals surface area contributed by atoms with Crippen molar-refractivity contribution in [3.63, 3.8) is 0 Å². The number of hydrogen-bond donors (Lipinski definition) is 1. The summed E-state index contributed by atoms with van der Waals surface area (Å²) in [5.41, 5.74) is 2.16. The Morgan fingerprint density at radius 2 is 1.56 bits per heavy atom. The Morgan fingerprint density at radius 3 is 2.12 bits per heavy atom. The fourth-order valence-electron chi connectivity index (χ4n) is 3.48. The third kappa shape index (κ3) is 6.56. The molecule has 2 aromatic carbocycles. The molecule has 2 aromatic rings. The second-order valence-electron chi connectivity index (χ2n) is 8.06. The van der Waals surface area contributed by atoms with Gasteiger partial charge in [-0.15, -0.1) is 0 Å². The SMILES string of the molecule is CCNC(=O)[C@@H](C)N(Cc1ccccc1)C(=O)CN(c1ccccc1C(C)C)S(C)(=O)=O. The van der Waals surface area contributed by atoms with E-state index in [-0.39, 0.29) is 24.9 Å². The van der Waals surface area contributed by atoms with Crippen molar-refractivity contribution in [2.24, 2.45) is 0 Å². The molecule has 32 heavy (non-hydrogen) atoms. The van der Waals surface area contributed by atoms with Gasteiger partial charge < -0.3 is 10.2 Å². The molecule has 0 radical (unpaired) electrons. The number of nitrogens with zero attached hydrogens (tertiary/aromatic N) is 2. The molecule has 0 aliphatic heterocycles. The topological polar surface area (TPSA) is 86.8 Å². The predicted molar refractivity (Wildman–Crippen MR) is 128 cm³/mol. The maximum Gasteiger partial charge on any atom is 0.244 e. The van der Waals surface area contributed by atoms with Gasteiger partial charge in [-0.25, -0.2) is 8.42 Å². The van der Waals surface area contributed by atoms with Crippen molar-refractivity contribution in [3.05, 3.63) is 65.7 Å². The highest BCUT2D eigenvalue weighted by molar-refractivity contribution is 7.92. The summed E-state index contributed by atoms with van der Waals surface area (Å²) >= 11 is 0. The number of sulfonamides is 1. The summed E-state index contributed by atoms with van der Waals surface area (Å²) < 4.78 is 26.5. The van der Waals surface area contributed by atoms with E-state index in [1.165, 1.54) is 4.90 Å². The van der Waals surface area contributed by atoms with Crippen LogP contribution in [-0.2, 0) is 26.2 Å². The summed E-state index contributed by atoms with van der Waals surface area (Å²) in [6.07, 6.45) is 1.09. The van der Waals surface area contributed by atoms with Crippen LogP contribution in [0.25, 0.3) is 0 Å². The normalized spacial score (nSPS) is 12.3. The number of nitrogens with one attached hydrogen (secondary N) is 1. The van der Waals surface area contributed by atoms with Gasteiger partial charge in [0.25, 0.3) is 0 Å². The molecule has 174 valence electrons. The van der Waals surface area contributed by atoms with Gasteiger partial charge >= 0.3 is 0 Å². The molecule has 0 saturated carbocycles. The number of rotatable bonds is 10. The van der Waals surface area contributed by atoms with E-state index in [4.69, 9.17) is 0 Å². The molecule has 7 nitrogen and oxygen atoms in total. The van der Waals surface area contributed by atoms with Gasteiger partial charge in [0, 0.05) is 13.1 Å². The molecule has 0 saturated heterocycles. The van der Waals surface area contributed by atoms with Crippen LogP contribution in [0.4, 0.5) is 5.69 Å². The molecule has 0 aromatic heterocycles. The van der Waals surface area contributed by atoms with E-state index in [9.17, 15) is 18.0 Å². The van der Waals surface area contributed by atoms with Crippen molar-refractivity contribution >= 4 is 27.5 Å². The van der Waals surface area contributed by atoms with Gasteiger partial charge in [-0.1, -0.05) is 62.4 Å². The maximum atomic E-state index is 13.4. The molecule has 8 heteroatoms. The quantitative estimate of drug-likeness (QED) is 0.591. The molecular formula is C24H33N3O4S. The third-order valence-electron chi connectivity index (χ3n) is 5.22. The van der Waals surface area contributed by atoms with Gasteiger partial charge in [0.15, 0.2) is 0 Å². The second-order valence-corrected chi connectivity index (χ2v) is 9.97. The molecule has 0 spiro atoms. The Hall–Kier alpha value is -2.87. The zero-order valence-electron chi connectivity index (χ0n) is 19.4. The molecule has 0 aliphatic rings. The fourth-order valence-corrected chi connectivity index (χ4v) is 4.35. The van der Waals surface area contributed by atoms with Crippen molar-refractivity contribution in [3.8, 4) is 0 Å².